The Labute approximate surface area is 173 Å². The molecule has 0 atom stereocenters. The van der Waals surface area contributed by atoms with Crippen molar-refractivity contribution in [3.8, 4) is 17.6 Å². The van der Waals surface area contributed by atoms with Crippen molar-refractivity contribution in [2.45, 2.75) is 34.1 Å². The molecule has 5 heteroatoms. The van der Waals surface area contributed by atoms with E-state index in [2.05, 4.69) is 19.2 Å². The summed E-state index contributed by atoms with van der Waals surface area (Å²) in [5, 5.41) is 12.3. The van der Waals surface area contributed by atoms with E-state index in [1.165, 1.54) is 0 Å². The lowest BCUT2D eigenvalue weighted by molar-refractivity contribution is -0.112. The molecule has 0 aliphatic rings. The van der Waals surface area contributed by atoms with Crippen LogP contribution in [-0.4, -0.2) is 19.6 Å². The number of nitrogens with zero attached hydrogens (tertiary/aromatic N) is 1. The highest BCUT2D eigenvalue weighted by Gasteiger charge is 2.13. The summed E-state index contributed by atoms with van der Waals surface area (Å²) in [6.07, 6.45) is 2.49. The van der Waals surface area contributed by atoms with Gasteiger partial charge in [-0.3, -0.25) is 4.79 Å². The highest BCUT2D eigenvalue weighted by atomic mass is 16.5. The van der Waals surface area contributed by atoms with Crippen molar-refractivity contribution in [2.24, 2.45) is 5.92 Å². The molecule has 0 saturated carbocycles. The van der Waals surface area contributed by atoms with Gasteiger partial charge in [-0.05, 0) is 61.1 Å². The van der Waals surface area contributed by atoms with Gasteiger partial charge in [0.1, 0.15) is 11.6 Å². The Hall–Kier alpha value is -3.26. The number of methoxy groups -OCH3 is 1. The van der Waals surface area contributed by atoms with Crippen LogP contribution in [0.1, 0.15) is 37.0 Å². The number of carbonyl (C=O) groups is 1. The SMILES string of the molecule is COc1cc(/C=C(\C#N)C(=O)Nc2c(C)cccc2C)ccc1OCCC(C)C. The molecule has 29 heavy (non-hydrogen) atoms. The zero-order valence-corrected chi connectivity index (χ0v) is 17.7. The second-order valence-electron chi connectivity index (χ2n) is 7.33. The second kappa shape index (κ2) is 10.3. The summed E-state index contributed by atoms with van der Waals surface area (Å²) < 4.78 is 11.2. The number of nitriles is 1. The lowest BCUT2D eigenvalue weighted by Crippen LogP contribution is -2.15. The molecule has 2 aromatic rings. The number of ether oxygens (including phenoxy) is 2. The Bertz CT molecular complexity index is 919. The van der Waals surface area contributed by atoms with Crippen LogP contribution in [0.4, 0.5) is 5.69 Å². The summed E-state index contributed by atoms with van der Waals surface area (Å²) in [5.74, 6) is 1.32. The number of carbonyl (C=O) groups excluding carboxylic acids is 1. The second-order valence-corrected chi connectivity index (χ2v) is 7.33. The number of hydrogen-bond acceptors (Lipinski definition) is 4. The zero-order chi connectivity index (χ0) is 21.4. The van der Waals surface area contributed by atoms with Crippen LogP contribution in [0, 0.1) is 31.1 Å². The number of benzene rings is 2. The number of hydrogen-bond donors (Lipinski definition) is 1. The summed E-state index contributed by atoms with van der Waals surface area (Å²) in [5.41, 5.74) is 3.32. The summed E-state index contributed by atoms with van der Waals surface area (Å²) in [4.78, 5) is 12.6. The van der Waals surface area contributed by atoms with Crippen LogP contribution < -0.4 is 14.8 Å². The van der Waals surface area contributed by atoms with Crippen LogP contribution >= 0.6 is 0 Å². The molecular weight excluding hydrogens is 364 g/mol. The highest BCUT2D eigenvalue weighted by Crippen LogP contribution is 2.29. The Kier molecular flexibility index (Phi) is 7.85. The minimum Gasteiger partial charge on any atom is -0.493 e. The largest absolute Gasteiger partial charge is 0.493 e. The monoisotopic (exact) mass is 392 g/mol. The minimum atomic E-state index is -0.443. The van der Waals surface area contributed by atoms with E-state index >= 15 is 0 Å². The van der Waals surface area contributed by atoms with E-state index in [0.717, 1.165) is 23.2 Å². The molecule has 1 amide bonds. The van der Waals surface area contributed by atoms with Gasteiger partial charge < -0.3 is 14.8 Å². The maximum atomic E-state index is 12.6. The topological polar surface area (TPSA) is 71.3 Å². The third-order valence-electron chi connectivity index (χ3n) is 4.54. The predicted octanol–water partition coefficient (Wildman–Crippen LogP) is 5.28. The fourth-order valence-electron chi connectivity index (χ4n) is 2.81. The molecule has 0 bridgehead atoms. The smallest absolute Gasteiger partial charge is 0.266 e. The number of anilines is 1. The first-order valence-corrected chi connectivity index (χ1v) is 9.66. The molecule has 0 aromatic heterocycles. The first-order chi connectivity index (χ1) is 13.8. The van der Waals surface area contributed by atoms with E-state index in [-0.39, 0.29) is 5.57 Å². The third kappa shape index (κ3) is 6.11. The van der Waals surface area contributed by atoms with Gasteiger partial charge in [-0.25, -0.2) is 0 Å². The molecular formula is C24H28N2O3. The number of para-hydroxylation sites is 1. The molecule has 0 unspecified atom stereocenters. The molecule has 0 heterocycles. The molecule has 0 saturated heterocycles. The van der Waals surface area contributed by atoms with Gasteiger partial charge in [-0.15, -0.1) is 0 Å². The molecule has 0 spiro atoms. The Morgan fingerprint density at radius 3 is 2.45 bits per heavy atom. The average Bonchev–Trinajstić information content (AvgIpc) is 2.69. The van der Waals surface area contributed by atoms with E-state index in [9.17, 15) is 10.1 Å². The maximum Gasteiger partial charge on any atom is 0.266 e. The Morgan fingerprint density at radius 2 is 1.86 bits per heavy atom. The molecule has 2 aromatic carbocycles. The molecule has 0 aliphatic heterocycles. The van der Waals surface area contributed by atoms with Gasteiger partial charge in [0.15, 0.2) is 11.5 Å². The number of rotatable bonds is 8. The summed E-state index contributed by atoms with van der Waals surface area (Å²) >= 11 is 0. The van der Waals surface area contributed by atoms with E-state index < -0.39 is 5.91 Å². The van der Waals surface area contributed by atoms with Gasteiger partial charge >= 0.3 is 0 Å². The van der Waals surface area contributed by atoms with Crippen LogP contribution in [-0.2, 0) is 4.79 Å². The van der Waals surface area contributed by atoms with E-state index in [1.54, 1.807) is 31.4 Å². The van der Waals surface area contributed by atoms with Crippen molar-refractivity contribution >= 4 is 17.7 Å². The zero-order valence-electron chi connectivity index (χ0n) is 17.7. The van der Waals surface area contributed by atoms with Crippen LogP contribution in [0.15, 0.2) is 42.0 Å². The summed E-state index contributed by atoms with van der Waals surface area (Å²) in [7, 11) is 1.57. The molecule has 0 fully saturated rings. The first kappa shape index (κ1) is 22.0. The molecule has 5 nitrogen and oxygen atoms in total. The molecule has 152 valence electrons. The Morgan fingerprint density at radius 1 is 1.17 bits per heavy atom. The van der Waals surface area contributed by atoms with Crippen molar-refractivity contribution in [3.63, 3.8) is 0 Å². The van der Waals surface area contributed by atoms with E-state index in [4.69, 9.17) is 9.47 Å². The van der Waals surface area contributed by atoms with Crippen molar-refractivity contribution in [1.82, 2.24) is 0 Å². The number of amides is 1. The number of aryl methyl sites for hydroxylation is 2. The molecule has 2 rings (SSSR count). The molecule has 0 aliphatic carbocycles. The maximum absolute atomic E-state index is 12.6. The van der Waals surface area contributed by atoms with Crippen LogP contribution in [0.2, 0.25) is 0 Å². The van der Waals surface area contributed by atoms with Crippen molar-refractivity contribution in [3.05, 3.63) is 58.7 Å². The van der Waals surface area contributed by atoms with Crippen LogP contribution in [0.25, 0.3) is 6.08 Å². The van der Waals surface area contributed by atoms with Gasteiger partial charge in [0, 0.05) is 5.69 Å². The van der Waals surface area contributed by atoms with E-state index in [1.807, 2.05) is 38.1 Å². The van der Waals surface area contributed by atoms with Crippen molar-refractivity contribution < 1.29 is 14.3 Å². The van der Waals surface area contributed by atoms with Crippen molar-refractivity contribution in [1.29, 1.82) is 5.26 Å². The van der Waals surface area contributed by atoms with Gasteiger partial charge in [0.2, 0.25) is 0 Å². The fourth-order valence-corrected chi connectivity index (χ4v) is 2.81. The van der Waals surface area contributed by atoms with Crippen molar-refractivity contribution in [2.75, 3.05) is 19.0 Å². The lowest BCUT2D eigenvalue weighted by atomic mass is 10.1. The first-order valence-electron chi connectivity index (χ1n) is 9.66. The number of nitrogens with one attached hydrogen (secondary N) is 1. The highest BCUT2D eigenvalue weighted by molar-refractivity contribution is 6.10. The van der Waals surface area contributed by atoms with Gasteiger partial charge in [-0.2, -0.15) is 5.26 Å². The third-order valence-corrected chi connectivity index (χ3v) is 4.54. The lowest BCUT2D eigenvalue weighted by Gasteiger charge is -2.13. The Balaban J connectivity index is 2.21. The minimum absolute atomic E-state index is 0.0168. The quantitative estimate of drug-likeness (QED) is 0.490. The standard InChI is InChI=1S/C24H28N2O3/c1-16(2)11-12-29-21-10-9-19(14-22(21)28-5)13-20(15-25)24(27)26-23-17(3)7-6-8-18(23)4/h6-10,13-14,16H,11-12H2,1-5H3,(H,26,27)/b20-13+. The van der Waals surface area contributed by atoms with Crippen LogP contribution in [0.5, 0.6) is 11.5 Å². The van der Waals surface area contributed by atoms with E-state index in [0.29, 0.717) is 29.6 Å². The average molecular weight is 392 g/mol. The summed E-state index contributed by atoms with van der Waals surface area (Å²) in [6, 6.07) is 13.1. The van der Waals surface area contributed by atoms with Gasteiger partial charge in [0.05, 0.1) is 13.7 Å². The van der Waals surface area contributed by atoms with Gasteiger partial charge in [0.25, 0.3) is 5.91 Å². The predicted molar refractivity (Wildman–Crippen MR) is 116 cm³/mol. The molecule has 1 N–H and O–H groups in total. The molecule has 0 radical (unpaired) electrons. The van der Waals surface area contributed by atoms with Crippen LogP contribution in [0.3, 0.4) is 0 Å². The summed E-state index contributed by atoms with van der Waals surface area (Å²) in [6.45, 7) is 8.72. The van der Waals surface area contributed by atoms with Gasteiger partial charge in [-0.1, -0.05) is 38.1 Å². The fraction of sp³-hybridized carbons (Fsp3) is 0.333. The normalized spacial score (nSPS) is 11.1.